The van der Waals surface area contributed by atoms with E-state index in [9.17, 15) is 4.79 Å². The predicted octanol–water partition coefficient (Wildman–Crippen LogP) is 2.44. The molecule has 6 heteroatoms. The molecule has 1 amide bonds. The van der Waals surface area contributed by atoms with Crippen LogP contribution in [0.3, 0.4) is 0 Å². The first-order chi connectivity index (χ1) is 11.1. The smallest absolute Gasteiger partial charge is 0.226 e. The molecule has 1 aromatic rings. The quantitative estimate of drug-likeness (QED) is 0.905. The molecule has 2 heterocycles. The van der Waals surface area contributed by atoms with Crippen molar-refractivity contribution >= 4 is 11.7 Å². The number of amides is 1. The summed E-state index contributed by atoms with van der Waals surface area (Å²) in [7, 11) is 0. The summed E-state index contributed by atoms with van der Waals surface area (Å²) in [5.74, 6) is 0.905. The van der Waals surface area contributed by atoms with Crippen LogP contribution in [0.1, 0.15) is 52.0 Å². The molecule has 2 unspecified atom stereocenters. The maximum Gasteiger partial charge on any atom is 0.226 e. The van der Waals surface area contributed by atoms with Gasteiger partial charge in [-0.25, -0.2) is 4.68 Å². The third kappa shape index (κ3) is 4.32. The second-order valence-electron chi connectivity index (χ2n) is 6.91. The topological polar surface area (TPSA) is 59.4 Å². The number of morpholine rings is 1. The Labute approximate surface area is 138 Å². The number of nitrogens with zero attached hydrogens (tertiary/aromatic N) is 3. The van der Waals surface area contributed by atoms with E-state index in [4.69, 9.17) is 4.74 Å². The standard InChI is InChI=1S/C17H28N4O2/c1-13-11-20(12-14(2)23-13)10-8-17(22)19-16-7-9-18-21(16)15-5-3-4-6-15/h7,9,13-15H,3-6,8,10-12H2,1-2H3,(H,19,22). The number of ether oxygens (including phenoxy) is 1. The number of aromatic nitrogens is 2. The molecule has 2 fully saturated rings. The molecule has 1 aliphatic carbocycles. The zero-order chi connectivity index (χ0) is 16.2. The molecule has 1 saturated carbocycles. The van der Waals surface area contributed by atoms with Crippen LogP contribution in [-0.2, 0) is 9.53 Å². The lowest BCUT2D eigenvalue weighted by atomic mass is 10.2. The van der Waals surface area contributed by atoms with Crippen molar-refractivity contribution in [1.82, 2.24) is 14.7 Å². The van der Waals surface area contributed by atoms with Gasteiger partial charge in [-0.05, 0) is 26.7 Å². The van der Waals surface area contributed by atoms with Crippen LogP contribution in [0.25, 0.3) is 0 Å². The van der Waals surface area contributed by atoms with Crippen molar-refractivity contribution in [3.8, 4) is 0 Å². The Bertz CT molecular complexity index is 514. The highest BCUT2D eigenvalue weighted by atomic mass is 16.5. The van der Waals surface area contributed by atoms with Crippen LogP contribution >= 0.6 is 0 Å². The number of hydrogen-bond acceptors (Lipinski definition) is 4. The molecule has 1 saturated heterocycles. The highest BCUT2D eigenvalue weighted by Crippen LogP contribution is 2.31. The molecule has 0 spiro atoms. The Morgan fingerprint density at radius 3 is 2.70 bits per heavy atom. The molecular weight excluding hydrogens is 292 g/mol. The van der Waals surface area contributed by atoms with Gasteiger partial charge in [-0.3, -0.25) is 9.69 Å². The SMILES string of the molecule is CC1CN(CCC(=O)Nc2ccnn2C2CCCC2)CC(C)O1. The minimum atomic E-state index is 0.0662. The first-order valence-electron chi connectivity index (χ1n) is 8.83. The third-order valence-corrected chi connectivity index (χ3v) is 4.76. The predicted molar refractivity (Wildman–Crippen MR) is 89.4 cm³/mol. The molecule has 1 aromatic heterocycles. The van der Waals surface area contributed by atoms with Crippen molar-refractivity contribution in [2.75, 3.05) is 25.0 Å². The van der Waals surface area contributed by atoms with E-state index in [2.05, 4.69) is 29.2 Å². The average Bonchev–Trinajstić information content (AvgIpc) is 3.14. The fourth-order valence-corrected chi connectivity index (χ4v) is 3.79. The van der Waals surface area contributed by atoms with E-state index in [1.54, 1.807) is 6.20 Å². The van der Waals surface area contributed by atoms with Crippen LogP contribution in [0, 0.1) is 0 Å². The molecule has 0 bridgehead atoms. The molecule has 0 aromatic carbocycles. The van der Waals surface area contributed by atoms with Gasteiger partial charge in [-0.2, -0.15) is 5.10 Å². The summed E-state index contributed by atoms with van der Waals surface area (Å²) in [5.41, 5.74) is 0. The van der Waals surface area contributed by atoms with Crippen molar-refractivity contribution in [1.29, 1.82) is 0 Å². The summed E-state index contributed by atoms with van der Waals surface area (Å²) in [6.45, 7) is 6.75. The van der Waals surface area contributed by atoms with E-state index in [1.807, 2.05) is 10.7 Å². The van der Waals surface area contributed by atoms with Crippen molar-refractivity contribution in [3.05, 3.63) is 12.3 Å². The van der Waals surface area contributed by atoms with E-state index >= 15 is 0 Å². The van der Waals surface area contributed by atoms with Gasteiger partial charge in [0, 0.05) is 32.1 Å². The van der Waals surface area contributed by atoms with Crippen molar-refractivity contribution in [2.24, 2.45) is 0 Å². The van der Waals surface area contributed by atoms with Crippen LogP contribution in [0.4, 0.5) is 5.82 Å². The molecule has 6 nitrogen and oxygen atoms in total. The Hall–Kier alpha value is -1.40. The maximum absolute atomic E-state index is 12.3. The summed E-state index contributed by atoms with van der Waals surface area (Å²) in [5, 5.41) is 7.43. The van der Waals surface area contributed by atoms with E-state index < -0.39 is 0 Å². The first kappa shape index (κ1) is 16.5. The zero-order valence-electron chi connectivity index (χ0n) is 14.2. The minimum absolute atomic E-state index is 0.0662. The average molecular weight is 320 g/mol. The van der Waals surface area contributed by atoms with Crippen LogP contribution in [0.2, 0.25) is 0 Å². The monoisotopic (exact) mass is 320 g/mol. The van der Waals surface area contributed by atoms with E-state index in [-0.39, 0.29) is 18.1 Å². The maximum atomic E-state index is 12.3. The molecule has 2 atom stereocenters. The third-order valence-electron chi connectivity index (χ3n) is 4.76. The number of hydrogen-bond donors (Lipinski definition) is 1. The lowest BCUT2D eigenvalue weighted by Gasteiger charge is -2.35. The summed E-state index contributed by atoms with van der Waals surface area (Å²) >= 11 is 0. The number of rotatable bonds is 5. The first-order valence-corrected chi connectivity index (χ1v) is 8.83. The van der Waals surface area contributed by atoms with Gasteiger partial charge in [-0.1, -0.05) is 12.8 Å². The fourth-order valence-electron chi connectivity index (χ4n) is 3.79. The minimum Gasteiger partial charge on any atom is -0.373 e. The lowest BCUT2D eigenvalue weighted by Crippen LogP contribution is -2.46. The second-order valence-corrected chi connectivity index (χ2v) is 6.91. The Morgan fingerprint density at radius 1 is 1.30 bits per heavy atom. The molecule has 0 radical (unpaired) electrons. The molecular formula is C17H28N4O2. The van der Waals surface area contributed by atoms with Gasteiger partial charge < -0.3 is 10.1 Å². The summed E-state index contributed by atoms with van der Waals surface area (Å²) in [6.07, 6.45) is 7.60. The van der Waals surface area contributed by atoms with Gasteiger partial charge in [0.05, 0.1) is 24.4 Å². The molecule has 1 aliphatic heterocycles. The number of carbonyl (C=O) groups excluding carboxylic acids is 1. The van der Waals surface area contributed by atoms with Crippen LogP contribution in [-0.4, -0.2) is 52.4 Å². The molecule has 23 heavy (non-hydrogen) atoms. The zero-order valence-corrected chi connectivity index (χ0v) is 14.2. The van der Waals surface area contributed by atoms with E-state index in [0.717, 1.165) is 38.3 Å². The van der Waals surface area contributed by atoms with Crippen molar-refractivity contribution in [2.45, 2.75) is 64.2 Å². The normalized spacial score (nSPS) is 26.5. The Balaban J connectivity index is 1.49. The van der Waals surface area contributed by atoms with Crippen LogP contribution in [0.5, 0.6) is 0 Å². The van der Waals surface area contributed by atoms with Crippen LogP contribution in [0.15, 0.2) is 12.3 Å². The molecule has 128 valence electrons. The van der Waals surface area contributed by atoms with Gasteiger partial charge in [0.15, 0.2) is 0 Å². The summed E-state index contributed by atoms with van der Waals surface area (Å²) < 4.78 is 7.72. The van der Waals surface area contributed by atoms with Gasteiger partial charge >= 0.3 is 0 Å². The van der Waals surface area contributed by atoms with E-state index in [1.165, 1.54) is 12.8 Å². The number of carbonyl (C=O) groups is 1. The van der Waals surface area contributed by atoms with Gasteiger partial charge in [-0.15, -0.1) is 0 Å². The highest BCUT2D eigenvalue weighted by molar-refractivity contribution is 5.89. The van der Waals surface area contributed by atoms with Crippen LogP contribution < -0.4 is 5.32 Å². The van der Waals surface area contributed by atoms with Crippen molar-refractivity contribution < 1.29 is 9.53 Å². The van der Waals surface area contributed by atoms with Gasteiger partial charge in [0.25, 0.3) is 0 Å². The molecule has 3 rings (SSSR count). The Morgan fingerprint density at radius 2 is 2.00 bits per heavy atom. The highest BCUT2D eigenvalue weighted by Gasteiger charge is 2.23. The second kappa shape index (κ2) is 7.45. The lowest BCUT2D eigenvalue weighted by molar-refractivity contribution is -0.117. The molecule has 1 N–H and O–H groups in total. The van der Waals surface area contributed by atoms with Crippen molar-refractivity contribution in [3.63, 3.8) is 0 Å². The summed E-state index contributed by atoms with van der Waals surface area (Å²) in [6, 6.07) is 2.34. The number of nitrogens with one attached hydrogen (secondary N) is 1. The largest absolute Gasteiger partial charge is 0.373 e. The van der Waals surface area contributed by atoms with E-state index in [0.29, 0.717) is 12.5 Å². The van der Waals surface area contributed by atoms with Gasteiger partial charge in [0.2, 0.25) is 5.91 Å². The fraction of sp³-hybridized carbons (Fsp3) is 0.765. The summed E-state index contributed by atoms with van der Waals surface area (Å²) in [4.78, 5) is 14.6. The number of anilines is 1. The Kier molecular flexibility index (Phi) is 5.33. The molecule has 2 aliphatic rings. The van der Waals surface area contributed by atoms with Gasteiger partial charge in [0.1, 0.15) is 5.82 Å².